The number of hydrogen-bond acceptors (Lipinski definition) is 7. The lowest BCUT2D eigenvalue weighted by molar-refractivity contribution is 0.0596. The van der Waals surface area contributed by atoms with Crippen molar-refractivity contribution in [1.29, 1.82) is 0 Å². The molecule has 1 aliphatic heterocycles. The van der Waals surface area contributed by atoms with Crippen LogP contribution < -0.4 is 15.0 Å². The van der Waals surface area contributed by atoms with E-state index < -0.39 is 24.2 Å². The highest BCUT2D eigenvalue weighted by molar-refractivity contribution is 5.97. The van der Waals surface area contributed by atoms with Crippen LogP contribution in [0, 0.1) is 0 Å². The number of alkyl carbamates (subject to hydrolysis) is 1. The Labute approximate surface area is 192 Å². The maximum Gasteiger partial charge on any atom is 0.414 e. The van der Waals surface area contributed by atoms with Crippen LogP contribution in [0.2, 0.25) is 0 Å². The largest absolute Gasteiger partial charge is 0.496 e. The summed E-state index contributed by atoms with van der Waals surface area (Å²) < 4.78 is 20.8. The number of carbonyl (C=O) groups excluding carboxylic acids is 3. The number of carbonyl (C=O) groups is 3. The summed E-state index contributed by atoms with van der Waals surface area (Å²) >= 11 is 0. The van der Waals surface area contributed by atoms with Crippen LogP contribution in [0.4, 0.5) is 15.3 Å². The molecule has 3 rings (SSSR count). The van der Waals surface area contributed by atoms with E-state index in [1.165, 1.54) is 25.2 Å². The Morgan fingerprint density at radius 1 is 1.09 bits per heavy atom. The van der Waals surface area contributed by atoms with Crippen molar-refractivity contribution < 1.29 is 33.3 Å². The van der Waals surface area contributed by atoms with Gasteiger partial charge in [0.1, 0.15) is 17.9 Å². The van der Waals surface area contributed by atoms with Gasteiger partial charge in [-0.25, -0.2) is 14.4 Å². The Hall–Kier alpha value is -3.75. The predicted octanol–water partition coefficient (Wildman–Crippen LogP) is 4.20. The van der Waals surface area contributed by atoms with Crippen molar-refractivity contribution in [3.05, 3.63) is 59.2 Å². The monoisotopic (exact) mass is 456 g/mol. The van der Waals surface area contributed by atoms with E-state index in [1.54, 1.807) is 13.0 Å². The molecule has 0 unspecified atom stereocenters. The van der Waals surface area contributed by atoms with Gasteiger partial charge in [0.05, 0.1) is 32.6 Å². The summed E-state index contributed by atoms with van der Waals surface area (Å²) in [5.41, 5.74) is 2.06. The number of ether oxygens (including phenoxy) is 4. The van der Waals surface area contributed by atoms with Crippen LogP contribution in [0.5, 0.6) is 5.75 Å². The van der Waals surface area contributed by atoms with E-state index >= 15 is 0 Å². The Morgan fingerprint density at radius 2 is 1.82 bits per heavy atom. The van der Waals surface area contributed by atoms with Gasteiger partial charge in [0, 0.05) is 11.6 Å². The highest BCUT2D eigenvalue weighted by atomic mass is 16.6. The van der Waals surface area contributed by atoms with Gasteiger partial charge in [0.15, 0.2) is 0 Å². The number of fused-ring (bicyclic) bond motifs is 1. The fourth-order valence-corrected chi connectivity index (χ4v) is 3.84. The number of nitrogens with zero attached hydrogens (tertiary/aromatic N) is 1. The minimum absolute atomic E-state index is 0.126. The van der Waals surface area contributed by atoms with Crippen molar-refractivity contribution in [3.8, 4) is 5.75 Å². The van der Waals surface area contributed by atoms with E-state index in [-0.39, 0.29) is 30.6 Å². The SMILES string of the molecule is CCOC(=O)N1c2cc(C(=O)OC)c(OC)cc2[C@@H](NC(=O)OCc2ccccc2)C[C@H]1C. The van der Waals surface area contributed by atoms with E-state index in [1.807, 2.05) is 37.3 Å². The molecule has 33 heavy (non-hydrogen) atoms. The molecule has 0 saturated heterocycles. The molecule has 9 nitrogen and oxygen atoms in total. The summed E-state index contributed by atoms with van der Waals surface area (Å²) in [7, 11) is 2.69. The van der Waals surface area contributed by atoms with Crippen LogP contribution in [-0.2, 0) is 20.8 Å². The maximum atomic E-state index is 12.7. The minimum Gasteiger partial charge on any atom is -0.496 e. The van der Waals surface area contributed by atoms with E-state index in [2.05, 4.69) is 5.32 Å². The quantitative estimate of drug-likeness (QED) is 0.513. The predicted molar refractivity (Wildman–Crippen MR) is 120 cm³/mol. The Bertz CT molecular complexity index is 1010. The van der Waals surface area contributed by atoms with Crippen molar-refractivity contribution in [1.82, 2.24) is 5.32 Å². The molecule has 2 amide bonds. The van der Waals surface area contributed by atoms with E-state index in [0.717, 1.165) is 5.56 Å². The van der Waals surface area contributed by atoms with Crippen LogP contribution in [0.3, 0.4) is 0 Å². The molecule has 2 aromatic rings. The molecule has 9 heteroatoms. The van der Waals surface area contributed by atoms with Crippen molar-refractivity contribution >= 4 is 23.8 Å². The second-order valence-electron chi connectivity index (χ2n) is 7.52. The minimum atomic E-state index is -0.608. The molecular weight excluding hydrogens is 428 g/mol. The molecule has 0 saturated carbocycles. The molecule has 2 atom stereocenters. The molecular formula is C24H28N2O7. The maximum absolute atomic E-state index is 12.7. The van der Waals surface area contributed by atoms with Gasteiger partial charge in [-0.2, -0.15) is 0 Å². The smallest absolute Gasteiger partial charge is 0.414 e. The highest BCUT2D eigenvalue weighted by Crippen LogP contribution is 2.41. The molecule has 0 fully saturated rings. The van der Waals surface area contributed by atoms with Crippen molar-refractivity contribution in [2.45, 2.75) is 39.0 Å². The summed E-state index contributed by atoms with van der Waals surface area (Å²) in [6.45, 7) is 3.88. The first kappa shape index (κ1) is 23.9. The van der Waals surface area contributed by atoms with Crippen molar-refractivity contribution in [2.24, 2.45) is 0 Å². The second kappa shape index (κ2) is 10.7. The zero-order valence-electron chi connectivity index (χ0n) is 19.1. The lowest BCUT2D eigenvalue weighted by Crippen LogP contribution is -2.46. The zero-order chi connectivity index (χ0) is 24.0. The molecule has 0 aromatic heterocycles. The Morgan fingerprint density at radius 3 is 2.45 bits per heavy atom. The molecule has 1 heterocycles. The molecule has 2 aromatic carbocycles. The lowest BCUT2D eigenvalue weighted by Gasteiger charge is -2.39. The summed E-state index contributed by atoms with van der Waals surface area (Å²) in [5, 5.41) is 2.87. The molecule has 0 bridgehead atoms. The van der Waals surface area contributed by atoms with Gasteiger partial charge >= 0.3 is 18.2 Å². The van der Waals surface area contributed by atoms with Crippen LogP contribution in [0.15, 0.2) is 42.5 Å². The van der Waals surface area contributed by atoms with Crippen LogP contribution in [0.1, 0.15) is 47.8 Å². The van der Waals surface area contributed by atoms with Gasteiger partial charge in [0.25, 0.3) is 0 Å². The number of esters is 1. The van der Waals surface area contributed by atoms with Crippen LogP contribution in [0.25, 0.3) is 0 Å². The number of methoxy groups -OCH3 is 2. The molecule has 0 aliphatic carbocycles. The standard InChI is InChI=1S/C24H28N2O7/c1-5-32-24(29)26-15(2)11-19(25-23(28)33-14-16-9-7-6-8-10-16)17-13-21(30-3)18(12-20(17)26)22(27)31-4/h6-10,12-13,15,19H,5,11,14H2,1-4H3,(H,25,28)/t15-,19+/m1/s1. The van der Waals surface area contributed by atoms with Gasteiger partial charge in [-0.1, -0.05) is 30.3 Å². The van der Waals surface area contributed by atoms with Gasteiger partial charge in [-0.05, 0) is 38.0 Å². The Balaban J connectivity index is 1.93. The number of anilines is 1. The third-order valence-electron chi connectivity index (χ3n) is 5.38. The second-order valence-corrected chi connectivity index (χ2v) is 7.52. The number of hydrogen-bond donors (Lipinski definition) is 1. The zero-order valence-corrected chi connectivity index (χ0v) is 19.1. The van der Waals surface area contributed by atoms with E-state index in [4.69, 9.17) is 18.9 Å². The number of rotatable bonds is 6. The van der Waals surface area contributed by atoms with E-state index in [9.17, 15) is 14.4 Å². The molecule has 1 N–H and O–H groups in total. The third kappa shape index (κ3) is 5.36. The third-order valence-corrected chi connectivity index (χ3v) is 5.38. The fraction of sp³-hybridized carbons (Fsp3) is 0.375. The molecule has 176 valence electrons. The highest BCUT2D eigenvalue weighted by Gasteiger charge is 2.37. The topological polar surface area (TPSA) is 103 Å². The van der Waals surface area contributed by atoms with Crippen molar-refractivity contribution in [3.63, 3.8) is 0 Å². The first-order valence-corrected chi connectivity index (χ1v) is 10.6. The van der Waals surface area contributed by atoms with Gasteiger partial charge in [-0.15, -0.1) is 0 Å². The molecule has 0 radical (unpaired) electrons. The molecule has 0 spiro atoms. The van der Waals surface area contributed by atoms with E-state index in [0.29, 0.717) is 17.7 Å². The summed E-state index contributed by atoms with van der Waals surface area (Å²) in [4.78, 5) is 39.0. The van der Waals surface area contributed by atoms with Gasteiger partial charge < -0.3 is 24.3 Å². The Kier molecular flexibility index (Phi) is 7.76. The van der Waals surface area contributed by atoms with Crippen molar-refractivity contribution in [2.75, 3.05) is 25.7 Å². The fourth-order valence-electron chi connectivity index (χ4n) is 3.84. The first-order chi connectivity index (χ1) is 15.9. The number of nitrogens with one attached hydrogen (secondary N) is 1. The number of amides is 2. The molecule has 1 aliphatic rings. The average Bonchev–Trinajstić information content (AvgIpc) is 2.82. The summed E-state index contributed by atoms with van der Waals surface area (Å²) in [6, 6.07) is 11.7. The first-order valence-electron chi connectivity index (χ1n) is 10.6. The van der Waals surface area contributed by atoms with Gasteiger partial charge in [0.2, 0.25) is 0 Å². The van der Waals surface area contributed by atoms with Gasteiger partial charge in [-0.3, -0.25) is 4.90 Å². The van der Waals surface area contributed by atoms with Crippen LogP contribution >= 0.6 is 0 Å². The summed E-state index contributed by atoms with van der Waals surface area (Å²) in [6.07, 6.45) is -0.729. The normalized spacial score (nSPS) is 16.9. The lowest BCUT2D eigenvalue weighted by atomic mass is 9.90. The number of benzene rings is 2. The average molecular weight is 456 g/mol. The summed E-state index contributed by atoms with van der Waals surface area (Å²) in [5.74, 6) is -0.341. The van der Waals surface area contributed by atoms with Crippen LogP contribution in [-0.4, -0.2) is 45.0 Å².